The summed E-state index contributed by atoms with van der Waals surface area (Å²) in [7, 11) is 3.25. The molecule has 2 atom stereocenters. The number of carbonyl (C=O) groups is 3. The highest BCUT2D eigenvalue weighted by atomic mass is 16.6. The topological polar surface area (TPSA) is 120 Å². The van der Waals surface area contributed by atoms with Crippen molar-refractivity contribution in [3.63, 3.8) is 0 Å². The van der Waals surface area contributed by atoms with Gasteiger partial charge in [0, 0.05) is 62.5 Å². The first-order valence-electron chi connectivity index (χ1n) is 17.9. The largest absolute Gasteiger partial charge is 0.481 e. The van der Waals surface area contributed by atoms with E-state index >= 15 is 0 Å². The first kappa shape index (κ1) is 37.6. The fourth-order valence-corrected chi connectivity index (χ4v) is 7.17. The van der Waals surface area contributed by atoms with Crippen LogP contribution in [0.1, 0.15) is 70.2 Å². The molecule has 11 nitrogen and oxygen atoms in total. The van der Waals surface area contributed by atoms with Crippen LogP contribution in [0.5, 0.6) is 17.4 Å². The lowest BCUT2D eigenvalue weighted by Crippen LogP contribution is -2.54. The van der Waals surface area contributed by atoms with Gasteiger partial charge in [-0.3, -0.25) is 9.59 Å². The first-order chi connectivity index (χ1) is 24.5. The number of unbranched alkanes of at least 4 members (excludes halogenated alkanes) is 1. The van der Waals surface area contributed by atoms with Gasteiger partial charge in [0.25, 0.3) is 0 Å². The molecule has 51 heavy (non-hydrogen) atoms. The lowest BCUT2D eigenvalue weighted by atomic mass is 9.69. The van der Waals surface area contributed by atoms with Crippen LogP contribution in [0.3, 0.4) is 0 Å². The van der Waals surface area contributed by atoms with Crippen LogP contribution in [0.2, 0.25) is 0 Å². The van der Waals surface area contributed by atoms with Gasteiger partial charge in [-0.1, -0.05) is 42.5 Å². The summed E-state index contributed by atoms with van der Waals surface area (Å²) in [4.78, 5) is 49.6. The summed E-state index contributed by atoms with van der Waals surface area (Å²) in [5.41, 5.74) is 1.41. The smallest absolute Gasteiger partial charge is 0.410 e. The molecule has 0 bridgehead atoms. The molecular formula is C40H52N4O7. The number of benzene rings is 2. The summed E-state index contributed by atoms with van der Waals surface area (Å²) < 4.78 is 22.7. The Morgan fingerprint density at radius 3 is 2.24 bits per heavy atom. The number of likely N-dealkylation sites (tertiary alicyclic amines) is 1. The third-order valence-electron chi connectivity index (χ3n) is 9.65. The van der Waals surface area contributed by atoms with Gasteiger partial charge in [-0.25, -0.2) is 9.78 Å². The van der Waals surface area contributed by atoms with Crippen molar-refractivity contribution in [2.45, 2.75) is 70.9 Å². The summed E-state index contributed by atoms with van der Waals surface area (Å²) >= 11 is 0. The van der Waals surface area contributed by atoms with Crippen LogP contribution in [-0.4, -0.2) is 85.3 Å². The zero-order chi connectivity index (χ0) is 36.6. The number of hydrogen-bond donors (Lipinski definition) is 1. The minimum atomic E-state index is -0.738. The molecule has 1 fully saturated rings. The normalized spacial score (nSPS) is 17.7. The quantitative estimate of drug-likeness (QED) is 0.205. The maximum atomic E-state index is 14.3. The highest BCUT2D eigenvalue weighted by molar-refractivity contribution is 5.84. The molecule has 0 saturated carbocycles. The molecule has 3 heterocycles. The number of amides is 3. The van der Waals surface area contributed by atoms with E-state index in [0.29, 0.717) is 37.7 Å². The highest BCUT2D eigenvalue weighted by Crippen LogP contribution is 2.50. The van der Waals surface area contributed by atoms with Gasteiger partial charge in [0.1, 0.15) is 17.1 Å². The van der Waals surface area contributed by atoms with Crippen molar-refractivity contribution >= 4 is 17.9 Å². The van der Waals surface area contributed by atoms with Gasteiger partial charge in [-0.05, 0) is 71.6 Å². The van der Waals surface area contributed by atoms with Crippen LogP contribution >= 0.6 is 0 Å². The lowest BCUT2D eigenvalue weighted by Gasteiger charge is -2.42. The van der Waals surface area contributed by atoms with Crippen molar-refractivity contribution in [2.24, 2.45) is 11.8 Å². The van der Waals surface area contributed by atoms with Gasteiger partial charge in [-0.15, -0.1) is 0 Å². The predicted molar refractivity (Wildman–Crippen MR) is 194 cm³/mol. The van der Waals surface area contributed by atoms with Crippen molar-refractivity contribution in [3.8, 4) is 17.4 Å². The van der Waals surface area contributed by atoms with Gasteiger partial charge in [-0.2, -0.15) is 0 Å². The molecule has 2 aromatic carbocycles. The Kier molecular flexibility index (Phi) is 12.2. The second kappa shape index (κ2) is 16.6. The Morgan fingerprint density at radius 2 is 1.61 bits per heavy atom. The van der Waals surface area contributed by atoms with Gasteiger partial charge < -0.3 is 34.1 Å². The van der Waals surface area contributed by atoms with Crippen molar-refractivity contribution < 1.29 is 33.3 Å². The molecule has 2 aliphatic heterocycles. The lowest BCUT2D eigenvalue weighted by molar-refractivity contribution is -0.140. The molecule has 5 rings (SSSR count). The molecule has 2 unspecified atom stereocenters. The molecule has 11 heteroatoms. The molecule has 3 amide bonds. The number of pyridine rings is 1. The number of carbonyl (C=O) groups excluding carboxylic acids is 3. The first-order valence-corrected chi connectivity index (χ1v) is 17.9. The molecule has 2 aliphatic rings. The van der Waals surface area contributed by atoms with E-state index in [1.54, 1.807) is 46.0 Å². The molecule has 0 spiro atoms. The minimum Gasteiger partial charge on any atom is -0.481 e. The molecule has 1 aromatic heterocycles. The van der Waals surface area contributed by atoms with Gasteiger partial charge in [0.05, 0.1) is 31.2 Å². The summed E-state index contributed by atoms with van der Waals surface area (Å²) in [5, 5.41) is 3.30. The number of ether oxygens (including phenoxy) is 4. The zero-order valence-electron chi connectivity index (χ0n) is 30.8. The van der Waals surface area contributed by atoms with Crippen molar-refractivity contribution in [1.29, 1.82) is 0 Å². The molecule has 1 N–H and O–H groups in total. The average molecular weight is 701 g/mol. The molecule has 1 saturated heterocycles. The van der Waals surface area contributed by atoms with Crippen LogP contribution < -0.4 is 14.8 Å². The average Bonchev–Trinajstić information content (AvgIpc) is 3.13. The Balaban J connectivity index is 1.41. The third-order valence-corrected chi connectivity index (χ3v) is 9.65. The van der Waals surface area contributed by atoms with Crippen LogP contribution in [0, 0.1) is 11.8 Å². The summed E-state index contributed by atoms with van der Waals surface area (Å²) in [6.45, 7) is 9.29. The van der Waals surface area contributed by atoms with E-state index in [9.17, 15) is 14.4 Å². The van der Waals surface area contributed by atoms with E-state index in [4.69, 9.17) is 18.9 Å². The SMILES string of the molecule is CCN(Cc1cccc(OC)n1)C(=O)C1CC(C(=O)NCC2(CCCCOC)c3ccccc3Oc3ccccc32)CN(C(=O)OC(C)(C)C)C1. The van der Waals surface area contributed by atoms with E-state index < -0.39 is 28.9 Å². The number of piperidine rings is 1. The van der Waals surface area contributed by atoms with E-state index in [2.05, 4.69) is 22.4 Å². The number of hydrogen-bond acceptors (Lipinski definition) is 8. The van der Waals surface area contributed by atoms with Crippen molar-refractivity contribution in [3.05, 3.63) is 83.6 Å². The standard InChI is InChI=1S/C40H52N4O7/c1-7-43(26-30-15-14-20-35(42-30)49-6)37(46)29-23-28(24-44(25-29)38(47)51-39(2,3)4)36(45)41-27-40(21-12-13-22-48-5)31-16-8-10-18-33(31)50-34-19-11-9-17-32(34)40/h8-11,14-20,28-29H,7,12-13,21-27H2,1-6H3,(H,41,45). The molecule has 274 valence electrons. The summed E-state index contributed by atoms with van der Waals surface area (Å²) in [6, 6.07) is 21.4. The Bertz CT molecular complexity index is 1630. The maximum Gasteiger partial charge on any atom is 0.410 e. The van der Waals surface area contributed by atoms with Gasteiger partial charge in [0.2, 0.25) is 17.7 Å². The fourth-order valence-electron chi connectivity index (χ4n) is 7.17. The Hall–Kier alpha value is -4.64. The highest BCUT2D eigenvalue weighted by Gasteiger charge is 2.44. The summed E-state index contributed by atoms with van der Waals surface area (Å²) in [6.07, 6.45) is 2.25. The van der Waals surface area contributed by atoms with Crippen LogP contribution in [-0.2, 0) is 31.0 Å². The number of fused-ring (bicyclic) bond motifs is 2. The Morgan fingerprint density at radius 1 is 0.941 bits per heavy atom. The number of methoxy groups -OCH3 is 2. The van der Waals surface area contributed by atoms with E-state index in [-0.39, 0.29) is 31.4 Å². The second-order valence-corrected chi connectivity index (χ2v) is 14.4. The number of nitrogens with one attached hydrogen (secondary N) is 1. The fraction of sp³-hybridized carbons (Fsp3) is 0.500. The molecule has 0 radical (unpaired) electrons. The maximum absolute atomic E-state index is 14.3. The molecule has 3 aromatic rings. The van der Waals surface area contributed by atoms with Gasteiger partial charge in [0.15, 0.2) is 0 Å². The predicted octanol–water partition coefficient (Wildman–Crippen LogP) is 6.34. The van der Waals surface area contributed by atoms with Crippen LogP contribution in [0.4, 0.5) is 4.79 Å². The molecular weight excluding hydrogens is 648 g/mol. The summed E-state index contributed by atoms with van der Waals surface area (Å²) in [5.74, 6) is 0.396. The molecule has 0 aliphatic carbocycles. The van der Waals surface area contributed by atoms with Crippen molar-refractivity contribution in [1.82, 2.24) is 20.1 Å². The van der Waals surface area contributed by atoms with E-state index in [0.717, 1.165) is 41.9 Å². The van der Waals surface area contributed by atoms with Gasteiger partial charge >= 0.3 is 6.09 Å². The minimum absolute atomic E-state index is 0.143. The zero-order valence-corrected chi connectivity index (χ0v) is 30.8. The third kappa shape index (κ3) is 9.00. The number of para-hydroxylation sites is 2. The van der Waals surface area contributed by atoms with Crippen LogP contribution in [0.15, 0.2) is 66.7 Å². The van der Waals surface area contributed by atoms with Crippen LogP contribution in [0.25, 0.3) is 0 Å². The van der Waals surface area contributed by atoms with E-state index in [1.165, 1.54) is 4.90 Å². The number of rotatable bonds is 13. The Labute approximate surface area is 301 Å². The van der Waals surface area contributed by atoms with Crippen molar-refractivity contribution in [2.75, 3.05) is 47.0 Å². The monoisotopic (exact) mass is 700 g/mol. The number of aromatic nitrogens is 1. The number of nitrogens with zero attached hydrogens (tertiary/aromatic N) is 3. The van der Waals surface area contributed by atoms with E-state index in [1.807, 2.05) is 55.5 Å². The second-order valence-electron chi connectivity index (χ2n) is 14.4.